The van der Waals surface area contributed by atoms with Gasteiger partial charge in [-0.05, 0) is 18.1 Å². The third kappa shape index (κ3) is 3.08. The molecule has 1 N–H and O–H groups in total. The smallest absolute Gasteiger partial charge is 0.339 e. The molecular weight excluding hydrogens is 314 g/mol. The molecule has 0 saturated carbocycles. The zero-order valence-corrected chi connectivity index (χ0v) is 14.2. The summed E-state index contributed by atoms with van der Waals surface area (Å²) in [5, 5.41) is 10.3. The number of esters is 1. The molecule has 1 atom stereocenters. The lowest BCUT2D eigenvalue weighted by atomic mass is 9.83. The number of carbonyl (C=O) groups excluding carboxylic acids is 1. The number of likely N-dealkylation sites (tertiary alicyclic amines) is 1. The van der Waals surface area contributed by atoms with Gasteiger partial charge < -0.3 is 14.7 Å². The van der Waals surface area contributed by atoms with Crippen molar-refractivity contribution in [2.75, 3.05) is 19.6 Å². The Bertz CT molecular complexity index is 751. The van der Waals surface area contributed by atoms with Crippen LogP contribution in [0, 0.1) is 0 Å². The SMILES string of the molecule is O=C1OC2(CCN(CCC(O)c3ccccc3)CC2)c2ccccc21. The molecule has 1 spiro atoms. The van der Waals surface area contributed by atoms with Gasteiger partial charge in [0.05, 0.1) is 11.7 Å². The molecule has 4 rings (SSSR count). The van der Waals surface area contributed by atoms with Crippen molar-refractivity contribution in [3.05, 3.63) is 71.3 Å². The van der Waals surface area contributed by atoms with E-state index < -0.39 is 11.7 Å². The summed E-state index contributed by atoms with van der Waals surface area (Å²) < 4.78 is 5.79. The minimum absolute atomic E-state index is 0.191. The molecule has 2 aliphatic heterocycles. The highest BCUT2D eigenvalue weighted by Gasteiger charge is 2.46. The Kier molecular flexibility index (Phi) is 4.32. The Morgan fingerprint density at radius 2 is 1.72 bits per heavy atom. The molecule has 2 heterocycles. The number of rotatable bonds is 4. The number of ether oxygens (including phenoxy) is 1. The maximum Gasteiger partial charge on any atom is 0.339 e. The van der Waals surface area contributed by atoms with E-state index in [1.54, 1.807) is 0 Å². The Hall–Kier alpha value is -2.17. The van der Waals surface area contributed by atoms with Gasteiger partial charge in [0.15, 0.2) is 0 Å². The van der Waals surface area contributed by atoms with Gasteiger partial charge in [0.25, 0.3) is 0 Å². The summed E-state index contributed by atoms with van der Waals surface area (Å²) in [6, 6.07) is 17.5. The Labute approximate surface area is 148 Å². The second-order valence-electron chi connectivity index (χ2n) is 6.99. The summed E-state index contributed by atoms with van der Waals surface area (Å²) >= 11 is 0. The van der Waals surface area contributed by atoms with Crippen molar-refractivity contribution < 1.29 is 14.6 Å². The van der Waals surface area contributed by atoms with E-state index in [0.717, 1.165) is 49.2 Å². The molecular formula is C21H23NO3. The van der Waals surface area contributed by atoms with Gasteiger partial charge in [-0.15, -0.1) is 0 Å². The number of nitrogens with zero attached hydrogens (tertiary/aromatic N) is 1. The molecule has 4 heteroatoms. The maximum atomic E-state index is 12.1. The maximum absolute atomic E-state index is 12.1. The van der Waals surface area contributed by atoms with Crippen LogP contribution in [-0.4, -0.2) is 35.6 Å². The van der Waals surface area contributed by atoms with Crippen LogP contribution in [-0.2, 0) is 10.3 Å². The Balaban J connectivity index is 1.36. The minimum Gasteiger partial charge on any atom is -0.450 e. The molecule has 2 aromatic rings. The molecule has 25 heavy (non-hydrogen) atoms. The zero-order chi connectivity index (χ0) is 17.3. The monoisotopic (exact) mass is 337 g/mol. The average Bonchev–Trinajstić information content (AvgIpc) is 2.94. The number of aliphatic hydroxyl groups excluding tert-OH is 1. The zero-order valence-electron chi connectivity index (χ0n) is 14.2. The highest BCUT2D eigenvalue weighted by molar-refractivity contribution is 5.94. The number of piperidine rings is 1. The molecule has 0 bridgehead atoms. The fraction of sp³-hybridized carbons (Fsp3) is 0.381. The lowest BCUT2D eigenvalue weighted by Gasteiger charge is -2.38. The quantitative estimate of drug-likeness (QED) is 0.870. The Morgan fingerprint density at radius 1 is 1.04 bits per heavy atom. The molecule has 2 aliphatic rings. The lowest BCUT2D eigenvalue weighted by Crippen LogP contribution is -2.43. The number of fused-ring (bicyclic) bond motifs is 2. The predicted molar refractivity (Wildman–Crippen MR) is 95.2 cm³/mol. The number of hydrogen-bond donors (Lipinski definition) is 1. The van der Waals surface area contributed by atoms with Gasteiger partial charge in [-0.1, -0.05) is 48.5 Å². The average molecular weight is 337 g/mol. The molecule has 0 amide bonds. The molecule has 1 unspecified atom stereocenters. The van der Waals surface area contributed by atoms with Gasteiger partial charge in [0.1, 0.15) is 5.60 Å². The van der Waals surface area contributed by atoms with Crippen molar-refractivity contribution in [3.8, 4) is 0 Å². The molecule has 0 aromatic heterocycles. The molecule has 4 nitrogen and oxygen atoms in total. The minimum atomic E-state index is -0.442. The van der Waals surface area contributed by atoms with Crippen LogP contribution in [0.2, 0.25) is 0 Å². The molecule has 130 valence electrons. The first-order valence-corrected chi connectivity index (χ1v) is 8.96. The summed E-state index contributed by atoms with van der Waals surface area (Å²) in [5.74, 6) is -0.191. The van der Waals surface area contributed by atoms with E-state index in [0.29, 0.717) is 6.42 Å². The summed E-state index contributed by atoms with van der Waals surface area (Å²) in [6.07, 6.45) is 1.92. The van der Waals surface area contributed by atoms with Gasteiger partial charge in [-0.2, -0.15) is 0 Å². The van der Waals surface area contributed by atoms with Gasteiger partial charge >= 0.3 is 5.97 Å². The molecule has 1 saturated heterocycles. The van der Waals surface area contributed by atoms with Gasteiger partial charge in [0.2, 0.25) is 0 Å². The van der Waals surface area contributed by atoms with E-state index in [9.17, 15) is 9.90 Å². The van der Waals surface area contributed by atoms with Crippen LogP contribution in [0.1, 0.15) is 46.9 Å². The fourth-order valence-electron chi connectivity index (χ4n) is 4.00. The first kappa shape index (κ1) is 16.3. The van der Waals surface area contributed by atoms with Gasteiger partial charge in [0, 0.05) is 38.0 Å². The van der Waals surface area contributed by atoms with Crippen molar-refractivity contribution in [1.82, 2.24) is 4.90 Å². The predicted octanol–water partition coefficient (Wildman–Crippen LogP) is 3.27. The number of hydrogen-bond acceptors (Lipinski definition) is 4. The summed E-state index contributed by atoms with van der Waals surface area (Å²) in [6.45, 7) is 2.61. The highest BCUT2D eigenvalue weighted by Crippen LogP contribution is 2.43. The largest absolute Gasteiger partial charge is 0.450 e. The van der Waals surface area contributed by atoms with Crippen molar-refractivity contribution in [2.45, 2.75) is 31.0 Å². The number of aliphatic hydroxyl groups is 1. The van der Waals surface area contributed by atoms with Crippen LogP contribution in [0.25, 0.3) is 0 Å². The molecule has 0 aliphatic carbocycles. The van der Waals surface area contributed by atoms with Crippen LogP contribution in [0.4, 0.5) is 0 Å². The van der Waals surface area contributed by atoms with Crippen LogP contribution in [0.3, 0.4) is 0 Å². The number of benzene rings is 2. The standard InChI is InChI=1S/C21H23NO3/c23-19(16-6-2-1-3-7-16)10-13-22-14-11-21(12-15-22)18-9-5-4-8-17(18)20(24)25-21/h1-9,19,23H,10-15H2. The van der Waals surface area contributed by atoms with Crippen molar-refractivity contribution >= 4 is 5.97 Å². The van der Waals surface area contributed by atoms with E-state index in [2.05, 4.69) is 4.90 Å². The van der Waals surface area contributed by atoms with Crippen LogP contribution in [0.15, 0.2) is 54.6 Å². The van der Waals surface area contributed by atoms with E-state index in [1.807, 2.05) is 54.6 Å². The van der Waals surface area contributed by atoms with E-state index >= 15 is 0 Å². The first-order valence-electron chi connectivity index (χ1n) is 8.96. The summed E-state index contributed by atoms with van der Waals surface area (Å²) in [5.41, 5.74) is 2.29. The van der Waals surface area contributed by atoms with Crippen molar-refractivity contribution in [3.63, 3.8) is 0 Å². The van der Waals surface area contributed by atoms with Crippen molar-refractivity contribution in [1.29, 1.82) is 0 Å². The Morgan fingerprint density at radius 3 is 2.48 bits per heavy atom. The lowest BCUT2D eigenvalue weighted by molar-refractivity contribution is -0.0441. The van der Waals surface area contributed by atoms with Crippen LogP contribution in [0.5, 0.6) is 0 Å². The summed E-state index contributed by atoms with van der Waals surface area (Å²) in [4.78, 5) is 14.5. The second-order valence-corrected chi connectivity index (χ2v) is 6.99. The van der Waals surface area contributed by atoms with E-state index in [-0.39, 0.29) is 5.97 Å². The third-order valence-corrected chi connectivity index (χ3v) is 5.49. The molecule has 1 fully saturated rings. The number of carbonyl (C=O) groups is 1. The topological polar surface area (TPSA) is 49.8 Å². The first-order chi connectivity index (χ1) is 12.2. The van der Waals surface area contributed by atoms with Gasteiger partial charge in [-0.3, -0.25) is 0 Å². The van der Waals surface area contributed by atoms with Crippen LogP contribution < -0.4 is 0 Å². The molecule has 2 aromatic carbocycles. The fourth-order valence-corrected chi connectivity index (χ4v) is 4.00. The summed E-state index contributed by atoms with van der Waals surface area (Å²) in [7, 11) is 0. The normalized spacial score (nSPS) is 20.3. The van der Waals surface area contributed by atoms with Crippen molar-refractivity contribution in [2.24, 2.45) is 0 Å². The van der Waals surface area contributed by atoms with Gasteiger partial charge in [-0.25, -0.2) is 4.79 Å². The highest BCUT2D eigenvalue weighted by atomic mass is 16.6. The second kappa shape index (κ2) is 6.62. The van der Waals surface area contributed by atoms with Crippen LogP contribution >= 0.6 is 0 Å². The van der Waals surface area contributed by atoms with E-state index in [4.69, 9.17) is 4.74 Å². The van der Waals surface area contributed by atoms with E-state index in [1.165, 1.54) is 0 Å². The third-order valence-electron chi connectivity index (χ3n) is 5.49. The molecule has 0 radical (unpaired) electrons.